The highest BCUT2D eigenvalue weighted by Gasteiger charge is 2.23. The maximum Gasteiger partial charge on any atom is 0.191 e. The fourth-order valence-corrected chi connectivity index (χ4v) is 4.06. The zero-order valence-corrected chi connectivity index (χ0v) is 21.9. The molecule has 0 aliphatic carbocycles. The quantitative estimate of drug-likeness (QED) is 0.293. The van der Waals surface area contributed by atoms with E-state index in [1.165, 1.54) is 5.56 Å². The van der Waals surface area contributed by atoms with Crippen LogP contribution in [0.15, 0.2) is 29.3 Å². The van der Waals surface area contributed by atoms with Crippen molar-refractivity contribution in [2.75, 3.05) is 59.3 Å². The van der Waals surface area contributed by atoms with Crippen LogP contribution in [0.25, 0.3) is 0 Å². The number of benzene rings is 1. The number of guanidine groups is 1. The van der Waals surface area contributed by atoms with Crippen LogP contribution in [0.3, 0.4) is 0 Å². The molecule has 1 heterocycles. The molecule has 7 nitrogen and oxygen atoms in total. The first kappa shape index (κ1) is 27.1. The summed E-state index contributed by atoms with van der Waals surface area (Å²) in [6, 6.07) is 8.43. The lowest BCUT2D eigenvalue weighted by Crippen LogP contribution is -2.47. The average molecular weight is 553 g/mol. The molecule has 2 unspecified atom stereocenters. The molecule has 2 rings (SSSR count). The molecule has 0 radical (unpaired) electrons. The minimum Gasteiger partial charge on any atom is -0.497 e. The zero-order valence-electron chi connectivity index (χ0n) is 18.8. The van der Waals surface area contributed by atoms with E-state index >= 15 is 0 Å². The van der Waals surface area contributed by atoms with Gasteiger partial charge in [0, 0.05) is 54.5 Å². The average Bonchev–Trinajstić information content (AvgIpc) is 2.73. The second-order valence-electron chi connectivity index (χ2n) is 7.98. The third-order valence-corrected chi connectivity index (χ3v) is 6.88. The molecule has 30 heavy (non-hydrogen) atoms. The molecule has 0 aromatic heterocycles. The van der Waals surface area contributed by atoms with Gasteiger partial charge in [0.1, 0.15) is 5.75 Å². The van der Waals surface area contributed by atoms with E-state index in [4.69, 9.17) is 9.47 Å². The van der Waals surface area contributed by atoms with E-state index < -0.39 is 10.8 Å². The van der Waals surface area contributed by atoms with Crippen molar-refractivity contribution in [3.8, 4) is 5.75 Å². The first-order valence-corrected chi connectivity index (χ1v) is 11.5. The topological polar surface area (TPSA) is 75.2 Å². The number of nitrogens with one attached hydrogen (secondary N) is 2. The standard InChI is InChI=1S/C21H36N4O3S.HI/c1-21(2,3)29(26)15-10-23-20(22-4)24-16-19(25-11-13-28-14-12-25)17-6-8-18(27-5)9-7-17;/h6-9,19H,10-16H2,1-5H3,(H2,22,23,24);1H. The summed E-state index contributed by atoms with van der Waals surface area (Å²) in [5, 5.41) is 6.72. The van der Waals surface area contributed by atoms with Gasteiger partial charge in [-0.1, -0.05) is 12.1 Å². The van der Waals surface area contributed by atoms with Crippen molar-refractivity contribution in [1.29, 1.82) is 0 Å². The van der Waals surface area contributed by atoms with Gasteiger partial charge < -0.3 is 20.1 Å². The number of halogens is 1. The summed E-state index contributed by atoms with van der Waals surface area (Å²) < 4.78 is 22.8. The van der Waals surface area contributed by atoms with Crippen molar-refractivity contribution in [2.24, 2.45) is 4.99 Å². The lowest BCUT2D eigenvalue weighted by atomic mass is 10.0. The Morgan fingerprint density at radius 1 is 1.23 bits per heavy atom. The summed E-state index contributed by atoms with van der Waals surface area (Å²) in [7, 11) is 2.55. The number of ether oxygens (including phenoxy) is 2. The molecule has 0 bridgehead atoms. The van der Waals surface area contributed by atoms with Crippen LogP contribution in [0.4, 0.5) is 0 Å². The number of hydrogen-bond donors (Lipinski definition) is 2. The van der Waals surface area contributed by atoms with Gasteiger partial charge in [0.25, 0.3) is 0 Å². The fraction of sp³-hybridized carbons (Fsp3) is 0.667. The van der Waals surface area contributed by atoms with Gasteiger partial charge in [-0.2, -0.15) is 0 Å². The molecule has 2 atom stereocenters. The van der Waals surface area contributed by atoms with Gasteiger partial charge in [-0.25, -0.2) is 0 Å². The molecule has 1 fully saturated rings. The largest absolute Gasteiger partial charge is 0.497 e. The molecule has 1 aliphatic heterocycles. The van der Waals surface area contributed by atoms with Crippen molar-refractivity contribution < 1.29 is 13.7 Å². The Balaban J connectivity index is 0.00000450. The summed E-state index contributed by atoms with van der Waals surface area (Å²) >= 11 is 0. The van der Waals surface area contributed by atoms with Crippen molar-refractivity contribution in [1.82, 2.24) is 15.5 Å². The van der Waals surface area contributed by atoms with Gasteiger partial charge in [0.2, 0.25) is 0 Å². The Hall–Kier alpha value is -0.910. The first-order chi connectivity index (χ1) is 13.8. The molecule has 2 N–H and O–H groups in total. The predicted molar refractivity (Wildman–Crippen MR) is 136 cm³/mol. The van der Waals surface area contributed by atoms with Gasteiger partial charge in [-0.05, 0) is 38.5 Å². The van der Waals surface area contributed by atoms with Crippen LogP contribution in [0.1, 0.15) is 32.4 Å². The van der Waals surface area contributed by atoms with E-state index in [2.05, 4.69) is 32.7 Å². The van der Waals surface area contributed by atoms with Gasteiger partial charge >= 0.3 is 0 Å². The van der Waals surface area contributed by atoms with Crippen LogP contribution < -0.4 is 15.4 Å². The van der Waals surface area contributed by atoms with Crippen LogP contribution in [0.5, 0.6) is 5.75 Å². The third-order valence-electron chi connectivity index (χ3n) is 4.94. The van der Waals surface area contributed by atoms with Crippen molar-refractivity contribution in [2.45, 2.75) is 31.6 Å². The van der Waals surface area contributed by atoms with Crippen molar-refractivity contribution in [3.05, 3.63) is 29.8 Å². The third kappa shape index (κ3) is 8.68. The van der Waals surface area contributed by atoms with Crippen LogP contribution >= 0.6 is 24.0 Å². The van der Waals surface area contributed by atoms with Crippen LogP contribution in [-0.4, -0.2) is 79.1 Å². The molecule has 1 saturated heterocycles. The van der Waals surface area contributed by atoms with Crippen LogP contribution in [0.2, 0.25) is 0 Å². The molecule has 172 valence electrons. The molecule has 0 spiro atoms. The summed E-state index contributed by atoms with van der Waals surface area (Å²) in [6.45, 7) is 10.6. The van der Waals surface area contributed by atoms with E-state index in [0.29, 0.717) is 18.8 Å². The highest BCUT2D eigenvalue weighted by atomic mass is 127. The Kier molecular flexibility index (Phi) is 12.2. The lowest BCUT2D eigenvalue weighted by molar-refractivity contribution is 0.0170. The maximum absolute atomic E-state index is 12.2. The van der Waals surface area contributed by atoms with Gasteiger partial charge in [-0.3, -0.25) is 14.1 Å². The van der Waals surface area contributed by atoms with Crippen molar-refractivity contribution in [3.63, 3.8) is 0 Å². The maximum atomic E-state index is 12.2. The highest BCUT2D eigenvalue weighted by molar-refractivity contribution is 14.0. The number of morpholine rings is 1. The van der Waals surface area contributed by atoms with E-state index in [-0.39, 0.29) is 34.8 Å². The highest BCUT2D eigenvalue weighted by Crippen LogP contribution is 2.23. The van der Waals surface area contributed by atoms with Gasteiger partial charge in [0.05, 0.1) is 26.4 Å². The van der Waals surface area contributed by atoms with Crippen LogP contribution in [0, 0.1) is 0 Å². The molecule has 1 aromatic carbocycles. The molecular weight excluding hydrogens is 515 g/mol. The minimum absolute atomic E-state index is 0. The Morgan fingerprint density at radius 2 is 1.87 bits per heavy atom. The zero-order chi connectivity index (χ0) is 21.3. The predicted octanol–water partition coefficient (Wildman–Crippen LogP) is 2.40. The normalized spacial score (nSPS) is 17.6. The Morgan fingerprint density at radius 3 is 2.40 bits per heavy atom. The molecule has 0 saturated carbocycles. The molecule has 0 amide bonds. The van der Waals surface area contributed by atoms with Gasteiger partial charge in [-0.15, -0.1) is 24.0 Å². The number of hydrogen-bond acceptors (Lipinski definition) is 5. The molecule has 1 aliphatic rings. The molecule has 1 aromatic rings. The molecular formula is C21H37IN4O3S. The number of aliphatic imine (C=N–C) groups is 1. The Bertz CT molecular complexity index is 674. The number of methoxy groups -OCH3 is 1. The van der Waals surface area contributed by atoms with E-state index in [0.717, 1.165) is 38.0 Å². The van der Waals surface area contributed by atoms with E-state index in [1.54, 1.807) is 14.2 Å². The fourth-order valence-electron chi connectivity index (χ4n) is 3.16. The molecule has 9 heteroatoms. The van der Waals surface area contributed by atoms with Crippen LogP contribution in [-0.2, 0) is 15.5 Å². The SMILES string of the molecule is CN=C(NCCS(=O)C(C)(C)C)NCC(c1ccc(OC)cc1)N1CCOCC1.I. The number of rotatable bonds is 8. The Labute approximate surface area is 200 Å². The lowest BCUT2D eigenvalue weighted by Gasteiger charge is -2.35. The van der Waals surface area contributed by atoms with Crippen molar-refractivity contribution >= 4 is 40.7 Å². The van der Waals surface area contributed by atoms with E-state index in [9.17, 15) is 4.21 Å². The first-order valence-electron chi connectivity index (χ1n) is 10.1. The summed E-state index contributed by atoms with van der Waals surface area (Å²) in [6.07, 6.45) is 0. The smallest absolute Gasteiger partial charge is 0.191 e. The summed E-state index contributed by atoms with van der Waals surface area (Å²) in [5.74, 6) is 2.17. The monoisotopic (exact) mass is 552 g/mol. The number of nitrogens with zero attached hydrogens (tertiary/aromatic N) is 2. The second-order valence-corrected chi connectivity index (χ2v) is 10.3. The van der Waals surface area contributed by atoms with Gasteiger partial charge in [0.15, 0.2) is 5.96 Å². The summed E-state index contributed by atoms with van der Waals surface area (Å²) in [5.41, 5.74) is 1.23. The minimum atomic E-state index is -0.885. The van der Waals surface area contributed by atoms with E-state index in [1.807, 2.05) is 32.9 Å². The second kappa shape index (κ2) is 13.5. The summed E-state index contributed by atoms with van der Waals surface area (Å²) in [4.78, 5) is 6.75.